The molecule has 0 aromatic rings. The molecule has 0 atom stereocenters. The van der Waals surface area contributed by atoms with Crippen LogP contribution in [0.4, 0.5) is 0 Å². The van der Waals surface area contributed by atoms with Gasteiger partial charge < -0.3 is 0 Å². The van der Waals surface area contributed by atoms with Gasteiger partial charge in [0.15, 0.2) is 0 Å². The maximum absolute atomic E-state index is 2.66. The summed E-state index contributed by atoms with van der Waals surface area (Å²) in [4.78, 5) is 5.26. The Hall–Kier alpha value is -0.0800. The second kappa shape index (κ2) is 4.55. The van der Waals surface area contributed by atoms with Gasteiger partial charge in [0.2, 0.25) is 0 Å². The molecule has 0 unspecified atom stereocenters. The molecule has 1 saturated heterocycles. The van der Waals surface area contributed by atoms with Crippen molar-refractivity contribution in [3.63, 3.8) is 0 Å². The monoisotopic (exact) mass is 240 g/mol. The average molecular weight is 240 g/mol. The Kier molecular flexibility index (Phi) is 4.01. The van der Waals surface area contributed by atoms with Crippen LogP contribution in [-0.2, 0) is 0 Å². The third-order valence-corrected chi connectivity index (χ3v) is 4.85. The van der Waals surface area contributed by atoms with Gasteiger partial charge in [0.25, 0.3) is 0 Å². The molecule has 0 aromatic heterocycles. The summed E-state index contributed by atoms with van der Waals surface area (Å²) in [6, 6.07) is 0. The Morgan fingerprint density at radius 2 is 0.941 bits per heavy atom. The molecule has 0 aliphatic carbocycles. The quantitative estimate of drug-likeness (QED) is 0.694. The molecular formula is C15H32N2. The van der Waals surface area contributed by atoms with E-state index in [1.807, 2.05) is 0 Å². The van der Waals surface area contributed by atoms with Gasteiger partial charge in [0.05, 0.1) is 0 Å². The Morgan fingerprint density at radius 1 is 0.588 bits per heavy atom. The fourth-order valence-electron chi connectivity index (χ4n) is 2.41. The van der Waals surface area contributed by atoms with Crippen LogP contribution < -0.4 is 0 Å². The van der Waals surface area contributed by atoms with E-state index in [0.29, 0.717) is 11.0 Å². The van der Waals surface area contributed by atoms with Crippen LogP contribution >= 0.6 is 0 Å². The molecule has 1 heterocycles. The predicted octanol–water partition coefficient (Wildman–Crippen LogP) is 3.23. The van der Waals surface area contributed by atoms with Crippen molar-refractivity contribution >= 4 is 0 Å². The molecule has 1 rings (SSSR count). The van der Waals surface area contributed by atoms with Gasteiger partial charge in [-0.05, 0) is 40.0 Å². The smallest absolute Gasteiger partial charge is 0.0202 e. The third-order valence-electron chi connectivity index (χ3n) is 4.85. The lowest BCUT2D eigenvalue weighted by molar-refractivity contribution is -0.0313. The van der Waals surface area contributed by atoms with Crippen LogP contribution in [0.2, 0.25) is 0 Å². The summed E-state index contributed by atoms with van der Waals surface area (Å²) in [7, 11) is 0. The standard InChI is InChI=1S/C15H32N2/c1-13(2,3)15(7,8)17-11-9-16(10-12-17)14(4,5)6/h9-12H2,1-8H3. The van der Waals surface area contributed by atoms with Crippen molar-refractivity contribution in [2.75, 3.05) is 26.2 Å². The van der Waals surface area contributed by atoms with Crippen molar-refractivity contribution in [2.24, 2.45) is 5.41 Å². The van der Waals surface area contributed by atoms with Gasteiger partial charge in [0, 0.05) is 37.3 Å². The summed E-state index contributed by atoms with van der Waals surface area (Å²) in [5.41, 5.74) is 0.922. The largest absolute Gasteiger partial charge is 0.296 e. The van der Waals surface area contributed by atoms with Crippen molar-refractivity contribution in [1.29, 1.82) is 0 Å². The fraction of sp³-hybridized carbons (Fsp3) is 1.00. The van der Waals surface area contributed by atoms with E-state index in [-0.39, 0.29) is 5.54 Å². The van der Waals surface area contributed by atoms with E-state index in [0.717, 1.165) is 0 Å². The Labute approximate surface area is 108 Å². The average Bonchev–Trinajstić information content (AvgIpc) is 2.15. The van der Waals surface area contributed by atoms with Crippen molar-refractivity contribution < 1.29 is 0 Å². The van der Waals surface area contributed by atoms with Gasteiger partial charge in [-0.15, -0.1) is 0 Å². The van der Waals surface area contributed by atoms with Gasteiger partial charge in [-0.1, -0.05) is 20.8 Å². The van der Waals surface area contributed by atoms with Crippen LogP contribution in [0.15, 0.2) is 0 Å². The highest BCUT2D eigenvalue weighted by molar-refractivity contribution is 4.95. The van der Waals surface area contributed by atoms with Crippen LogP contribution in [0, 0.1) is 5.41 Å². The molecule has 0 N–H and O–H groups in total. The summed E-state index contributed by atoms with van der Waals surface area (Å²) in [5, 5.41) is 0. The van der Waals surface area contributed by atoms with Gasteiger partial charge in [-0.2, -0.15) is 0 Å². The van der Waals surface area contributed by atoms with Gasteiger partial charge >= 0.3 is 0 Å². The molecule has 2 nitrogen and oxygen atoms in total. The zero-order valence-electron chi connectivity index (χ0n) is 13.2. The van der Waals surface area contributed by atoms with E-state index in [2.05, 4.69) is 65.2 Å². The molecule has 0 bridgehead atoms. The molecule has 0 amide bonds. The van der Waals surface area contributed by atoms with Gasteiger partial charge in [-0.3, -0.25) is 9.80 Å². The summed E-state index contributed by atoms with van der Waals surface area (Å²) >= 11 is 0. The van der Waals surface area contributed by atoms with E-state index in [4.69, 9.17) is 0 Å². The lowest BCUT2D eigenvalue weighted by atomic mass is 9.74. The Morgan fingerprint density at radius 3 is 1.24 bits per heavy atom. The van der Waals surface area contributed by atoms with Crippen LogP contribution in [0.3, 0.4) is 0 Å². The number of nitrogens with zero attached hydrogens (tertiary/aromatic N) is 2. The van der Waals surface area contributed by atoms with Crippen LogP contribution in [0.5, 0.6) is 0 Å². The molecule has 2 heteroatoms. The topological polar surface area (TPSA) is 6.48 Å². The molecule has 0 saturated carbocycles. The van der Waals surface area contributed by atoms with E-state index in [1.54, 1.807) is 0 Å². The van der Waals surface area contributed by atoms with Crippen LogP contribution in [-0.4, -0.2) is 47.1 Å². The highest BCUT2D eigenvalue weighted by Crippen LogP contribution is 2.36. The second-order valence-electron chi connectivity index (χ2n) is 7.95. The van der Waals surface area contributed by atoms with Crippen molar-refractivity contribution in [2.45, 2.75) is 66.5 Å². The highest BCUT2D eigenvalue weighted by Gasteiger charge is 2.40. The molecule has 1 aliphatic heterocycles. The maximum atomic E-state index is 2.66. The summed E-state index contributed by atoms with van der Waals surface area (Å²) in [6.07, 6.45) is 0. The summed E-state index contributed by atoms with van der Waals surface area (Å²) in [5.74, 6) is 0. The van der Waals surface area contributed by atoms with E-state index in [9.17, 15) is 0 Å². The van der Waals surface area contributed by atoms with E-state index >= 15 is 0 Å². The normalized spacial score (nSPS) is 21.9. The van der Waals surface area contributed by atoms with Crippen LogP contribution in [0.1, 0.15) is 55.4 Å². The zero-order valence-corrected chi connectivity index (χ0v) is 13.2. The first-order valence-corrected chi connectivity index (χ1v) is 6.96. The lowest BCUT2D eigenvalue weighted by Crippen LogP contribution is -2.61. The molecule has 1 fully saturated rings. The predicted molar refractivity (Wildman–Crippen MR) is 76.4 cm³/mol. The van der Waals surface area contributed by atoms with E-state index in [1.165, 1.54) is 26.2 Å². The minimum Gasteiger partial charge on any atom is -0.296 e. The van der Waals surface area contributed by atoms with Crippen molar-refractivity contribution in [1.82, 2.24) is 9.80 Å². The van der Waals surface area contributed by atoms with E-state index < -0.39 is 0 Å². The first-order chi connectivity index (χ1) is 7.46. The Balaban J connectivity index is 2.64. The fourth-order valence-corrected chi connectivity index (χ4v) is 2.41. The molecule has 1 aliphatic rings. The Bertz CT molecular complexity index is 247. The molecular weight excluding hydrogens is 208 g/mol. The number of rotatable bonds is 1. The SMILES string of the molecule is CC(C)(C)N1CCN(C(C)(C)C(C)(C)C)CC1. The van der Waals surface area contributed by atoms with Crippen molar-refractivity contribution in [3.05, 3.63) is 0 Å². The van der Waals surface area contributed by atoms with Crippen molar-refractivity contribution in [3.8, 4) is 0 Å². The molecule has 102 valence electrons. The zero-order chi connectivity index (χ0) is 13.5. The summed E-state index contributed by atoms with van der Waals surface area (Å²) < 4.78 is 0. The molecule has 0 aromatic carbocycles. The minimum atomic E-state index is 0.275. The second-order valence-corrected chi connectivity index (χ2v) is 7.95. The molecule has 0 spiro atoms. The minimum absolute atomic E-state index is 0.275. The van der Waals surface area contributed by atoms with Gasteiger partial charge in [-0.25, -0.2) is 0 Å². The molecule has 17 heavy (non-hydrogen) atoms. The lowest BCUT2D eigenvalue weighted by Gasteiger charge is -2.52. The number of hydrogen-bond donors (Lipinski definition) is 0. The first-order valence-electron chi connectivity index (χ1n) is 6.96. The number of hydrogen-bond acceptors (Lipinski definition) is 2. The van der Waals surface area contributed by atoms with Crippen LogP contribution in [0.25, 0.3) is 0 Å². The number of piperazine rings is 1. The third kappa shape index (κ3) is 3.23. The highest BCUT2D eigenvalue weighted by atomic mass is 15.3. The summed E-state index contributed by atoms with van der Waals surface area (Å²) in [6.45, 7) is 23.6. The maximum Gasteiger partial charge on any atom is 0.0202 e. The van der Waals surface area contributed by atoms with Gasteiger partial charge in [0.1, 0.15) is 0 Å². The molecule has 0 radical (unpaired) electrons. The first kappa shape index (κ1) is 15.0.